The van der Waals surface area contributed by atoms with Crippen molar-refractivity contribution in [1.29, 1.82) is 0 Å². The van der Waals surface area contributed by atoms with Gasteiger partial charge in [-0.25, -0.2) is 0 Å². The summed E-state index contributed by atoms with van der Waals surface area (Å²) in [6, 6.07) is 0. The summed E-state index contributed by atoms with van der Waals surface area (Å²) in [5.41, 5.74) is -0.555. The molecule has 1 saturated carbocycles. The number of hydrogen-bond donors (Lipinski definition) is 2. The van der Waals surface area contributed by atoms with Gasteiger partial charge in [-0.2, -0.15) is 0 Å². The smallest absolute Gasteiger partial charge is 0.0882 e. The van der Waals surface area contributed by atoms with Crippen LogP contribution in [0.1, 0.15) is 33.1 Å². The van der Waals surface area contributed by atoms with Crippen molar-refractivity contribution in [2.24, 2.45) is 5.41 Å². The Morgan fingerprint density at radius 3 is 2.10 bits per heavy atom. The van der Waals surface area contributed by atoms with Crippen LogP contribution in [-0.4, -0.2) is 22.4 Å². The van der Waals surface area contributed by atoms with E-state index in [-0.39, 0.29) is 12.0 Å². The second kappa shape index (κ2) is 2.21. The maximum Gasteiger partial charge on any atom is 0.0882 e. The van der Waals surface area contributed by atoms with Crippen molar-refractivity contribution in [2.75, 3.05) is 6.61 Å². The predicted molar refractivity (Wildman–Crippen MR) is 39.7 cm³/mol. The van der Waals surface area contributed by atoms with E-state index < -0.39 is 5.60 Å². The zero-order valence-electron chi connectivity index (χ0n) is 6.72. The highest BCUT2D eigenvalue weighted by Gasteiger charge is 2.40. The van der Waals surface area contributed by atoms with Gasteiger partial charge in [-0.3, -0.25) is 0 Å². The van der Waals surface area contributed by atoms with Gasteiger partial charge in [-0.1, -0.05) is 13.8 Å². The fraction of sp³-hybridized carbons (Fsp3) is 1.00. The molecule has 0 heterocycles. The Morgan fingerprint density at radius 1 is 1.30 bits per heavy atom. The van der Waals surface area contributed by atoms with Crippen LogP contribution in [-0.2, 0) is 0 Å². The van der Waals surface area contributed by atoms with Gasteiger partial charge in [0.1, 0.15) is 0 Å². The van der Waals surface area contributed by atoms with E-state index in [0.29, 0.717) is 0 Å². The Bertz CT molecular complexity index is 131. The van der Waals surface area contributed by atoms with Crippen LogP contribution < -0.4 is 0 Å². The Labute approximate surface area is 61.9 Å². The highest BCUT2D eigenvalue weighted by Crippen LogP contribution is 2.42. The molecule has 0 aromatic rings. The molecule has 1 fully saturated rings. The summed E-state index contributed by atoms with van der Waals surface area (Å²) < 4.78 is 0. The minimum atomic E-state index is -0.774. The van der Waals surface area contributed by atoms with Gasteiger partial charge < -0.3 is 10.2 Å². The van der Waals surface area contributed by atoms with Crippen molar-refractivity contribution in [3.63, 3.8) is 0 Å². The van der Waals surface area contributed by atoms with Gasteiger partial charge in [0.05, 0.1) is 12.2 Å². The van der Waals surface area contributed by atoms with Gasteiger partial charge in [0.15, 0.2) is 0 Å². The third kappa shape index (κ3) is 1.50. The molecule has 1 aliphatic carbocycles. The minimum absolute atomic E-state index is 0.0869. The van der Waals surface area contributed by atoms with Crippen LogP contribution in [0.15, 0.2) is 0 Å². The van der Waals surface area contributed by atoms with E-state index >= 15 is 0 Å². The van der Waals surface area contributed by atoms with E-state index in [2.05, 4.69) is 13.8 Å². The lowest BCUT2D eigenvalue weighted by molar-refractivity contribution is -0.0155. The van der Waals surface area contributed by atoms with E-state index in [0.717, 1.165) is 19.3 Å². The molecule has 0 aliphatic heterocycles. The topological polar surface area (TPSA) is 40.5 Å². The molecule has 1 atom stereocenters. The minimum Gasteiger partial charge on any atom is -0.393 e. The highest BCUT2D eigenvalue weighted by molar-refractivity contribution is 4.93. The molecule has 2 N–H and O–H groups in total. The molecule has 0 aromatic carbocycles. The Kier molecular flexibility index (Phi) is 1.77. The molecule has 10 heavy (non-hydrogen) atoms. The molecular weight excluding hydrogens is 128 g/mol. The van der Waals surface area contributed by atoms with E-state index in [4.69, 9.17) is 5.11 Å². The second-order valence-corrected chi connectivity index (χ2v) is 4.22. The fourth-order valence-corrected chi connectivity index (χ4v) is 1.77. The van der Waals surface area contributed by atoms with E-state index in [1.807, 2.05) is 0 Å². The first-order valence-electron chi connectivity index (χ1n) is 3.81. The lowest BCUT2D eigenvalue weighted by atomic mass is 9.89. The van der Waals surface area contributed by atoms with Crippen LogP contribution in [0, 0.1) is 5.41 Å². The van der Waals surface area contributed by atoms with Crippen LogP contribution in [0.5, 0.6) is 0 Å². The van der Waals surface area contributed by atoms with Crippen LogP contribution in [0.2, 0.25) is 0 Å². The van der Waals surface area contributed by atoms with Gasteiger partial charge >= 0.3 is 0 Å². The SMILES string of the molecule is CC1(C)CCC(O)(CO)C1. The van der Waals surface area contributed by atoms with Crippen LogP contribution in [0.4, 0.5) is 0 Å². The molecule has 0 radical (unpaired) electrons. The molecule has 2 nitrogen and oxygen atoms in total. The lowest BCUT2D eigenvalue weighted by Gasteiger charge is -2.22. The van der Waals surface area contributed by atoms with Gasteiger partial charge in [0, 0.05) is 0 Å². The Hall–Kier alpha value is -0.0800. The lowest BCUT2D eigenvalue weighted by Crippen LogP contribution is -2.30. The summed E-state index contributed by atoms with van der Waals surface area (Å²) in [6.45, 7) is 4.16. The quantitative estimate of drug-likeness (QED) is 0.574. The second-order valence-electron chi connectivity index (χ2n) is 4.22. The normalized spacial score (nSPS) is 38.4. The zero-order valence-corrected chi connectivity index (χ0v) is 6.72. The first kappa shape index (κ1) is 8.02. The third-order valence-corrected chi connectivity index (χ3v) is 2.37. The first-order chi connectivity index (χ1) is 4.47. The highest BCUT2D eigenvalue weighted by atomic mass is 16.3. The third-order valence-electron chi connectivity index (χ3n) is 2.37. The van der Waals surface area contributed by atoms with Crippen molar-refractivity contribution in [3.8, 4) is 0 Å². The standard InChI is InChI=1S/C8H16O2/c1-7(2)3-4-8(10,5-7)6-9/h9-10H,3-6H2,1-2H3. The molecule has 0 saturated heterocycles. The average Bonchev–Trinajstić information content (AvgIpc) is 2.08. The molecule has 1 unspecified atom stereocenters. The molecule has 0 spiro atoms. The molecule has 2 heteroatoms. The van der Waals surface area contributed by atoms with Gasteiger partial charge in [0.2, 0.25) is 0 Å². The molecule has 1 aliphatic rings. The van der Waals surface area contributed by atoms with Gasteiger partial charge in [0.25, 0.3) is 0 Å². The molecule has 1 rings (SSSR count). The summed E-state index contributed by atoms with van der Waals surface area (Å²) in [5.74, 6) is 0. The van der Waals surface area contributed by atoms with E-state index in [1.165, 1.54) is 0 Å². The van der Waals surface area contributed by atoms with E-state index in [9.17, 15) is 5.11 Å². The fourth-order valence-electron chi connectivity index (χ4n) is 1.77. The summed E-state index contributed by atoms with van der Waals surface area (Å²) >= 11 is 0. The maximum absolute atomic E-state index is 9.59. The largest absolute Gasteiger partial charge is 0.393 e. The summed E-state index contributed by atoms with van der Waals surface area (Å²) in [4.78, 5) is 0. The van der Waals surface area contributed by atoms with Crippen molar-refractivity contribution < 1.29 is 10.2 Å². The first-order valence-corrected chi connectivity index (χ1v) is 3.81. The van der Waals surface area contributed by atoms with Crippen molar-refractivity contribution in [2.45, 2.75) is 38.7 Å². The molecule has 0 aromatic heterocycles. The number of hydrogen-bond acceptors (Lipinski definition) is 2. The Balaban J connectivity index is 2.57. The van der Waals surface area contributed by atoms with E-state index in [1.54, 1.807) is 0 Å². The van der Waals surface area contributed by atoms with Crippen LogP contribution in [0.3, 0.4) is 0 Å². The molecule has 60 valence electrons. The maximum atomic E-state index is 9.59. The summed E-state index contributed by atoms with van der Waals surface area (Å²) in [5, 5.41) is 18.4. The average molecular weight is 144 g/mol. The number of aliphatic hydroxyl groups excluding tert-OH is 1. The predicted octanol–water partition coefficient (Wildman–Crippen LogP) is 0.920. The van der Waals surface area contributed by atoms with Crippen molar-refractivity contribution in [1.82, 2.24) is 0 Å². The monoisotopic (exact) mass is 144 g/mol. The molecule has 0 amide bonds. The zero-order chi connectivity index (χ0) is 7.83. The molecular formula is C8H16O2. The van der Waals surface area contributed by atoms with Crippen molar-refractivity contribution >= 4 is 0 Å². The Morgan fingerprint density at radius 2 is 1.90 bits per heavy atom. The van der Waals surface area contributed by atoms with Crippen LogP contribution >= 0.6 is 0 Å². The van der Waals surface area contributed by atoms with Crippen molar-refractivity contribution in [3.05, 3.63) is 0 Å². The van der Waals surface area contributed by atoms with Gasteiger partial charge in [-0.15, -0.1) is 0 Å². The summed E-state index contributed by atoms with van der Waals surface area (Å²) in [7, 11) is 0. The van der Waals surface area contributed by atoms with Gasteiger partial charge in [-0.05, 0) is 24.7 Å². The number of aliphatic hydroxyl groups is 2. The molecule has 0 bridgehead atoms. The summed E-state index contributed by atoms with van der Waals surface area (Å²) in [6.07, 6.45) is 2.50. The number of rotatable bonds is 1. The van der Waals surface area contributed by atoms with Crippen LogP contribution in [0.25, 0.3) is 0 Å².